The number of phosphoric acid groups is 1. The fourth-order valence-electron chi connectivity index (χ4n) is 0. The molecular weight excluding hydrogens is 260 g/mol. The molecule has 0 aliphatic heterocycles. The topological polar surface area (TPSA) is 86.2 Å². The fourth-order valence-corrected chi connectivity index (χ4v) is 0. The van der Waals surface area contributed by atoms with Gasteiger partial charge < -0.3 is 19.2 Å². The summed E-state index contributed by atoms with van der Waals surface area (Å²) in [6.07, 6.45) is 0. The zero-order valence-electron chi connectivity index (χ0n) is 3.21. The molecule has 3 radical (unpaired) electrons. The van der Waals surface area contributed by atoms with Crippen LogP contribution in [0.4, 0.5) is 0 Å². The van der Waals surface area contributed by atoms with E-state index in [4.69, 9.17) is 19.2 Å². The second kappa shape index (κ2) is 8.67. The van der Waals surface area contributed by atoms with E-state index in [2.05, 4.69) is 0 Å². The Morgan fingerprint density at radius 1 is 0.875 bits per heavy atom. The van der Waals surface area contributed by atoms with Gasteiger partial charge in [-0.05, 0) is 0 Å². The van der Waals surface area contributed by atoms with Gasteiger partial charge in [0.2, 0.25) is 0 Å². The van der Waals surface area contributed by atoms with E-state index in [1.807, 2.05) is 0 Å². The van der Waals surface area contributed by atoms with Gasteiger partial charge in [-0.2, -0.15) is 7.82 Å². The molecule has 0 fully saturated rings. The minimum Gasteiger partial charge on any atom is -0.822 e. The summed E-state index contributed by atoms with van der Waals surface area (Å²) < 4.78 is 8.55. The Morgan fingerprint density at radius 3 is 0.875 bits per heavy atom. The second-order valence-corrected chi connectivity index (χ2v) is 1.34. The SMILES string of the molecule is O=P([O-])([O-])[O-].[Mn].[Mn].[Mn]. The van der Waals surface area contributed by atoms with Gasteiger partial charge in [0.15, 0.2) is 0 Å². The summed E-state index contributed by atoms with van der Waals surface area (Å²) in [4.78, 5) is 25.6. The first-order valence-electron chi connectivity index (χ1n) is 0.730. The molecule has 0 N–H and O–H groups in total. The van der Waals surface area contributed by atoms with Crippen molar-refractivity contribution in [3.63, 3.8) is 0 Å². The van der Waals surface area contributed by atoms with Crippen LogP contribution in [-0.4, -0.2) is 0 Å². The van der Waals surface area contributed by atoms with Crippen LogP contribution >= 0.6 is 7.82 Å². The van der Waals surface area contributed by atoms with Crippen LogP contribution in [0.15, 0.2) is 0 Å². The molecule has 0 aliphatic carbocycles. The molecule has 0 aromatic heterocycles. The molecule has 0 unspecified atom stereocenters. The first kappa shape index (κ1) is 22.6. The summed E-state index contributed by atoms with van der Waals surface area (Å²) in [5.74, 6) is 0. The van der Waals surface area contributed by atoms with E-state index in [1.165, 1.54) is 0 Å². The third-order valence-corrected chi connectivity index (χ3v) is 0. The van der Waals surface area contributed by atoms with E-state index in [0.717, 1.165) is 0 Å². The smallest absolute Gasteiger partial charge is 0 e. The first-order valence-corrected chi connectivity index (χ1v) is 2.19. The van der Waals surface area contributed by atoms with E-state index >= 15 is 0 Å². The van der Waals surface area contributed by atoms with Crippen LogP contribution in [0.5, 0.6) is 0 Å². The average Bonchev–Trinajstić information content (AvgIpc) is 0.722. The largest absolute Gasteiger partial charge is 0.822 e. The van der Waals surface area contributed by atoms with Crippen molar-refractivity contribution in [2.75, 3.05) is 0 Å². The Balaban J connectivity index is -0.0000000267. The average molecular weight is 260 g/mol. The van der Waals surface area contributed by atoms with Gasteiger partial charge in [-0.15, -0.1) is 0 Å². The molecule has 0 spiro atoms. The third kappa shape index (κ3) is 122. The fraction of sp³-hybridized carbons (Fsp3) is 0. The van der Waals surface area contributed by atoms with Gasteiger partial charge in [-0.25, -0.2) is 0 Å². The van der Waals surface area contributed by atoms with Gasteiger partial charge in [0.25, 0.3) is 0 Å². The van der Waals surface area contributed by atoms with Crippen LogP contribution in [0.3, 0.4) is 0 Å². The van der Waals surface area contributed by atoms with Gasteiger partial charge >= 0.3 is 0 Å². The zero-order valence-corrected chi connectivity index (χ0v) is 7.65. The summed E-state index contributed by atoms with van der Waals surface area (Å²) in [6.45, 7) is 0. The third-order valence-electron chi connectivity index (χ3n) is 0. The Morgan fingerprint density at radius 2 is 0.875 bits per heavy atom. The van der Waals surface area contributed by atoms with Crippen LogP contribution in [0.1, 0.15) is 0 Å². The van der Waals surface area contributed by atoms with Gasteiger partial charge in [0.1, 0.15) is 0 Å². The van der Waals surface area contributed by atoms with E-state index in [1.54, 1.807) is 0 Å². The van der Waals surface area contributed by atoms with Crippen LogP contribution in [0, 0.1) is 0 Å². The van der Waals surface area contributed by atoms with Crippen molar-refractivity contribution < 1.29 is 70.5 Å². The van der Waals surface area contributed by atoms with Crippen molar-refractivity contribution in [2.24, 2.45) is 0 Å². The molecule has 0 heterocycles. The second-order valence-electron chi connectivity index (χ2n) is 0.447. The van der Waals surface area contributed by atoms with E-state index in [-0.39, 0.29) is 51.2 Å². The Labute approximate surface area is 78.1 Å². The van der Waals surface area contributed by atoms with Gasteiger partial charge in [-0.1, -0.05) is 0 Å². The normalized spacial score (nSPS) is 7.38. The number of hydrogen-bond donors (Lipinski definition) is 0. The summed E-state index contributed by atoms with van der Waals surface area (Å²) >= 11 is 0. The number of rotatable bonds is 0. The predicted octanol–water partition coefficient (Wildman–Crippen LogP) is -2.83. The monoisotopic (exact) mass is 260 g/mol. The zero-order chi connectivity index (χ0) is 4.50. The summed E-state index contributed by atoms with van der Waals surface area (Å²) in [5.41, 5.74) is 0. The quantitative estimate of drug-likeness (QED) is 0.347. The molecular formula is Mn3O4P-3. The summed E-state index contributed by atoms with van der Waals surface area (Å²) in [5, 5.41) is 0. The van der Waals surface area contributed by atoms with Gasteiger partial charge in [-0.3, -0.25) is 0 Å². The van der Waals surface area contributed by atoms with Crippen molar-refractivity contribution in [3.8, 4) is 0 Å². The van der Waals surface area contributed by atoms with E-state index in [0.29, 0.717) is 0 Å². The van der Waals surface area contributed by atoms with Crippen molar-refractivity contribution in [2.45, 2.75) is 0 Å². The van der Waals surface area contributed by atoms with Crippen molar-refractivity contribution >= 4 is 7.82 Å². The minimum atomic E-state index is -5.39. The van der Waals surface area contributed by atoms with Gasteiger partial charge in [0, 0.05) is 51.2 Å². The molecule has 0 bridgehead atoms. The predicted molar refractivity (Wildman–Crippen MR) is 7.61 cm³/mol. The molecule has 0 aromatic carbocycles. The van der Waals surface area contributed by atoms with Crippen LogP contribution in [-0.2, 0) is 55.8 Å². The molecule has 0 atom stereocenters. The number of hydrogen-bond acceptors (Lipinski definition) is 4. The molecule has 0 aromatic rings. The maximum atomic E-state index is 8.55. The van der Waals surface area contributed by atoms with Crippen LogP contribution < -0.4 is 14.7 Å². The van der Waals surface area contributed by atoms with Crippen molar-refractivity contribution in [1.82, 2.24) is 0 Å². The van der Waals surface area contributed by atoms with Crippen LogP contribution in [0.25, 0.3) is 0 Å². The molecule has 4 nitrogen and oxygen atoms in total. The maximum Gasteiger partial charge on any atom is 0 e. The summed E-state index contributed by atoms with van der Waals surface area (Å²) in [6, 6.07) is 0. The molecule has 0 aliphatic rings. The molecule has 0 saturated heterocycles. The standard InChI is InChI=1S/3Mn.H3O4P/c;;;1-5(2,3)4/h;;;(H3,1,2,3,4)/p-3. The molecule has 8 heteroatoms. The summed E-state index contributed by atoms with van der Waals surface area (Å²) in [7, 11) is -5.39. The Hall–Kier alpha value is 1.67. The Bertz CT molecular complexity index is 57.4. The molecule has 8 heavy (non-hydrogen) atoms. The molecule has 0 saturated carbocycles. The van der Waals surface area contributed by atoms with Crippen molar-refractivity contribution in [1.29, 1.82) is 0 Å². The van der Waals surface area contributed by atoms with E-state index < -0.39 is 7.82 Å². The molecule has 0 amide bonds. The molecule has 0 rings (SSSR count). The first-order chi connectivity index (χ1) is 2.00. The van der Waals surface area contributed by atoms with Gasteiger partial charge in [0.05, 0.1) is 0 Å². The van der Waals surface area contributed by atoms with Crippen LogP contribution in [0.2, 0.25) is 0 Å². The maximum absolute atomic E-state index is 8.55. The minimum absolute atomic E-state index is 0. The Kier molecular flexibility index (Phi) is 24.5. The van der Waals surface area contributed by atoms with Crippen molar-refractivity contribution in [3.05, 3.63) is 0 Å². The molecule has 53 valence electrons. The van der Waals surface area contributed by atoms with E-state index in [9.17, 15) is 0 Å².